The van der Waals surface area contributed by atoms with Crippen molar-refractivity contribution in [3.8, 4) is 44.5 Å². The summed E-state index contributed by atoms with van der Waals surface area (Å²) in [6.07, 6.45) is 0. The molecule has 45 heavy (non-hydrogen) atoms. The van der Waals surface area contributed by atoms with Crippen LogP contribution in [0.3, 0.4) is 0 Å². The minimum atomic E-state index is -2.42. The fourth-order valence-electron chi connectivity index (χ4n) is 7.42. The van der Waals surface area contributed by atoms with Gasteiger partial charge in [-0.1, -0.05) is 132 Å². The number of aryl methyl sites for hydroxylation is 2. The lowest BCUT2D eigenvalue weighted by Crippen LogP contribution is -2.23. The van der Waals surface area contributed by atoms with E-state index in [0.29, 0.717) is 5.30 Å². The second-order valence-corrected chi connectivity index (χ2v) is 18.4. The minimum Gasteiger partial charge on any atom is -0.347 e. The summed E-state index contributed by atoms with van der Waals surface area (Å²) >= 11 is 0. The lowest BCUT2D eigenvalue weighted by molar-refractivity contribution is 0.497. The van der Waals surface area contributed by atoms with Gasteiger partial charge in [0.2, 0.25) is 8.38 Å². The molecule has 0 unspecified atom stereocenters. The number of fused-ring (bicyclic) bond motifs is 4. The molecule has 2 N–H and O–H groups in total. The second-order valence-electron chi connectivity index (χ2n) is 17.3. The molecular formula is C42H53O2P. The molecule has 0 amide bonds. The van der Waals surface area contributed by atoms with Gasteiger partial charge in [0.1, 0.15) is 0 Å². The third-order valence-electron chi connectivity index (χ3n) is 9.51. The van der Waals surface area contributed by atoms with Crippen molar-refractivity contribution in [3.63, 3.8) is 0 Å². The van der Waals surface area contributed by atoms with E-state index in [-0.39, 0.29) is 21.7 Å². The molecule has 0 fully saturated rings. The topological polar surface area (TPSA) is 40.5 Å². The van der Waals surface area contributed by atoms with Crippen molar-refractivity contribution in [2.45, 2.75) is 119 Å². The van der Waals surface area contributed by atoms with Crippen molar-refractivity contribution in [1.82, 2.24) is 0 Å². The minimum absolute atomic E-state index is 0.000178. The maximum Gasteiger partial charge on any atom is 0.200 e. The average Bonchev–Trinajstić information content (AvgIpc) is 2.87. The summed E-state index contributed by atoms with van der Waals surface area (Å²) in [5.74, 6) is 0. The summed E-state index contributed by atoms with van der Waals surface area (Å²) in [5.41, 5.74) is 16.0. The number of hydrogen-bond acceptors (Lipinski definition) is 2. The molecule has 1 aliphatic rings. The van der Waals surface area contributed by atoms with Crippen LogP contribution in [0.25, 0.3) is 44.5 Å². The van der Waals surface area contributed by atoms with Gasteiger partial charge in [0.05, 0.1) is 0 Å². The second kappa shape index (κ2) is 10.9. The molecule has 0 saturated heterocycles. The van der Waals surface area contributed by atoms with Gasteiger partial charge in [-0.25, -0.2) is 0 Å². The Balaban J connectivity index is 2.03. The molecule has 0 radical (unpaired) electrons. The normalized spacial score (nSPS) is 13.5. The van der Waals surface area contributed by atoms with Crippen LogP contribution >= 0.6 is 8.38 Å². The largest absolute Gasteiger partial charge is 0.347 e. The van der Waals surface area contributed by atoms with E-state index in [2.05, 4.69) is 145 Å². The Labute approximate surface area is 273 Å². The Morgan fingerprint density at radius 3 is 1.24 bits per heavy atom. The first-order chi connectivity index (χ1) is 20.5. The summed E-state index contributed by atoms with van der Waals surface area (Å²) < 4.78 is 0. The predicted molar refractivity (Wildman–Crippen MR) is 197 cm³/mol. The fraction of sp³-hybridized carbons (Fsp3) is 0.429. The molecule has 0 bridgehead atoms. The highest BCUT2D eigenvalue weighted by molar-refractivity contribution is 7.54. The Morgan fingerprint density at radius 1 is 0.422 bits per heavy atom. The van der Waals surface area contributed by atoms with Crippen molar-refractivity contribution in [3.05, 3.63) is 88.0 Å². The van der Waals surface area contributed by atoms with Gasteiger partial charge >= 0.3 is 0 Å². The van der Waals surface area contributed by atoms with Crippen LogP contribution in [0.5, 0.6) is 0 Å². The average molecular weight is 621 g/mol. The molecule has 0 heterocycles. The highest BCUT2D eigenvalue weighted by Gasteiger charge is 2.36. The van der Waals surface area contributed by atoms with Gasteiger partial charge in [0.15, 0.2) is 0 Å². The van der Waals surface area contributed by atoms with E-state index in [9.17, 15) is 9.79 Å². The molecule has 4 aromatic rings. The van der Waals surface area contributed by atoms with Crippen molar-refractivity contribution >= 4 is 13.7 Å². The predicted octanol–water partition coefficient (Wildman–Crippen LogP) is 11.4. The maximum absolute atomic E-state index is 11.4. The Hall–Kier alpha value is -2.77. The Morgan fingerprint density at radius 2 is 0.800 bits per heavy atom. The summed E-state index contributed by atoms with van der Waals surface area (Å²) in [6, 6.07) is 20.2. The zero-order chi connectivity index (χ0) is 33.6. The van der Waals surface area contributed by atoms with Gasteiger partial charge in [-0.2, -0.15) is 0 Å². The van der Waals surface area contributed by atoms with Gasteiger partial charge in [0.25, 0.3) is 0 Å². The van der Waals surface area contributed by atoms with Gasteiger partial charge in [-0.15, -0.1) is 0 Å². The highest BCUT2D eigenvalue weighted by Crippen LogP contribution is 2.55. The molecule has 0 aromatic heterocycles. The lowest BCUT2D eigenvalue weighted by Gasteiger charge is -2.35. The molecule has 0 saturated carbocycles. The first-order valence-electron chi connectivity index (χ1n) is 16.3. The Bertz CT molecular complexity index is 1810. The van der Waals surface area contributed by atoms with Crippen LogP contribution in [0.2, 0.25) is 0 Å². The number of benzene rings is 4. The third kappa shape index (κ3) is 5.84. The standard InChI is InChI=1S/C42H53O2P/c1-24-19-28(34(41(9,10)11)22-32(24)39(3,4)5)30-21-29-26-17-15-16-18-27(26)36(29)38(45(43)44)37(30)31-20-25(2)33(40(6,7)8)23-35(31)42(12,13)14/h15-23,43-44H,1-14H3. The molecule has 238 valence electrons. The van der Waals surface area contributed by atoms with E-state index < -0.39 is 8.38 Å². The quantitative estimate of drug-likeness (QED) is 0.197. The summed E-state index contributed by atoms with van der Waals surface area (Å²) in [5, 5.41) is 0.669. The van der Waals surface area contributed by atoms with Crippen LogP contribution in [0, 0.1) is 13.8 Å². The molecule has 2 nitrogen and oxygen atoms in total. The van der Waals surface area contributed by atoms with E-state index in [4.69, 9.17) is 0 Å². The summed E-state index contributed by atoms with van der Waals surface area (Å²) in [4.78, 5) is 22.8. The van der Waals surface area contributed by atoms with Crippen LogP contribution in [-0.4, -0.2) is 9.79 Å². The maximum atomic E-state index is 11.4. The molecule has 1 aliphatic carbocycles. The molecule has 5 rings (SSSR count). The first kappa shape index (κ1) is 33.6. The third-order valence-corrected chi connectivity index (χ3v) is 10.4. The highest BCUT2D eigenvalue weighted by atomic mass is 31.2. The van der Waals surface area contributed by atoms with E-state index in [1.807, 2.05) is 6.07 Å². The van der Waals surface area contributed by atoms with Crippen LogP contribution in [0.4, 0.5) is 0 Å². The summed E-state index contributed by atoms with van der Waals surface area (Å²) in [7, 11) is -2.42. The van der Waals surface area contributed by atoms with Crippen LogP contribution < -0.4 is 5.30 Å². The monoisotopic (exact) mass is 620 g/mol. The van der Waals surface area contributed by atoms with Crippen LogP contribution in [-0.2, 0) is 21.7 Å². The van der Waals surface area contributed by atoms with Crippen molar-refractivity contribution in [1.29, 1.82) is 0 Å². The molecular weight excluding hydrogens is 567 g/mol. The van der Waals surface area contributed by atoms with Gasteiger partial charge < -0.3 is 9.79 Å². The van der Waals surface area contributed by atoms with Gasteiger partial charge in [0, 0.05) is 16.4 Å². The van der Waals surface area contributed by atoms with E-state index in [1.165, 1.54) is 44.5 Å². The van der Waals surface area contributed by atoms with E-state index in [0.717, 1.165) is 33.4 Å². The van der Waals surface area contributed by atoms with E-state index >= 15 is 0 Å². The zero-order valence-corrected chi connectivity index (χ0v) is 30.9. The molecule has 3 heteroatoms. The molecule has 0 atom stereocenters. The van der Waals surface area contributed by atoms with Crippen LogP contribution in [0.1, 0.15) is 116 Å². The fourth-order valence-corrected chi connectivity index (χ4v) is 8.30. The van der Waals surface area contributed by atoms with Crippen molar-refractivity contribution in [2.75, 3.05) is 0 Å². The van der Waals surface area contributed by atoms with E-state index in [1.54, 1.807) is 0 Å². The van der Waals surface area contributed by atoms with Gasteiger partial charge in [-0.05, 0) is 108 Å². The number of hydrogen-bond donors (Lipinski definition) is 2. The molecule has 4 aromatic carbocycles. The Kier molecular flexibility index (Phi) is 8.14. The van der Waals surface area contributed by atoms with Crippen LogP contribution in [0.15, 0.2) is 54.6 Å². The lowest BCUT2D eigenvalue weighted by atomic mass is 9.70. The zero-order valence-electron chi connectivity index (χ0n) is 30.0. The van der Waals surface area contributed by atoms with Crippen molar-refractivity contribution in [2.24, 2.45) is 0 Å². The summed E-state index contributed by atoms with van der Waals surface area (Å²) in [6.45, 7) is 31.8. The number of rotatable bonds is 3. The van der Waals surface area contributed by atoms with Gasteiger partial charge in [-0.3, -0.25) is 0 Å². The van der Waals surface area contributed by atoms with Crippen molar-refractivity contribution < 1.29 is 9.79 Å². The SMILES string of the molecule is Cc1cc(-c2cc3c(c(P(O)O)c2-c2cc(C)c(C(C)(C)C)cc2C(C)(C)C)-c2ccccc2-3)c(C(C)(C)C)cc1C(C)(C)C. The molecule has 0 spiro atoms. The smallest absolute Gasteiger partial charge is 0.200 e. The molecule has 0 aliphatic heterocycles. The first-order valence-corrected chi connectivity index (χ1v) is 17.6.